The summed E-state index contributed by atoms with van der Waals surface area (Å²) in [4.78, 5) is 24.7. The summed E-state index contributed by atoms with van der Waals surface area (Å²) in [5.74, 6) is 0.214. The van der Waals surface area contributed by atoms with Crippen molar-refractivity contribution in [3.8, 4) is 0 Å². The number of primary amides is 1. The molecule has 1 atom stereocenters. The third kappa shape index (κ3) is 3.03. The number of rotatable bonds is 5. The van der Waals surface area contributed by atoms with Crippen LogP contribution in [0.3, 0.4) is 0 Å². The molecule has 0 aliphatic heterocycles. The lowest BCUT2D eigenvalue weighted by Crippen LogP contribution is -2.19. The number of hydrogen-bond acceptors (Lipinski definition) is 3. The van der Waals surface area contributed by atoms with Crippen molar-refractivity contribution < 1.29 is 9.59 Å². The van der Waals surface area contributed by atoms with Crippen LogP contribution in [0.1, 0.15) is 60.3 Å². The van der Waals surface area contributed by atoms with E-state index in [0.29, 0.717) is 22.9 Å². The fraction of sp³-hybridized carbons (Fsp3) is 0.600. The van der Waals surface area contributed by atoms with E-state index in [1.165, 1.54) is 16.2 Å². The van der Waals surface area contributed by atoms with E-state index in [1.54, 1.807) is 0 Å². The Morgan fingerprint density at radius 1 is 1.40 bits per heavy atom. The summed E-state index contributed by atoms with van der Waals surface area (Å²) in [6.45, 7) is 4.15. The van der Waals surface area contributed by atoms with Gasteiger partial charge in [-0.1, -0.05) is 20.3 Å². The Morgan fingerprint density at radius 2 is 2.15 bits per heavy atom. The molecule has 1 aliphatic rings. The minimum absolute atomic E-state index is 0.0411. The van der Waals surface area contributed by atoms with Crippen LogP contribution in [0.25, 0.3) is 0 Å². The predicted octanol–water partition coefficient (Wildman–Crippen LogP) is 3.10. The lowest BCUT2D eigenvalue weighted by atomic mass is 9.85. The van der Waals surface area contributed by atoms with E-state index < -0.39 is 5.91 Å². The minimum atomic E-state index is -0.427. The van der Waals surface area contributed by atoms with Gasteiger partial charge >= 0.3 is 0 Å². The van der Waals surface area contributed by atoms with Gasteiger partial charge in [-0.25, -0.2) is 0 Å². The summed E-state index contributed by atoms with van der Waals surface area (Å²) in [5.41, 5.74) is 7.13. The Bertz CT molecular complexity index is 522. The zero-order chi connectivity index (χ0) is 14.7. The van der Waals surface area contributed by atoms with Gasteiger partial charge in [0, 0.05) is 11.3 Å². The van der Waals surface area contributed by atoms with Crippen LogP contribution in [0.15, 0.2) is 0 Å². The highest BCUT2D eigenvalue weighted by molar-refractivity contribution is 7.17. The highest BCUT2D eigenvalue weighted by Gasteiger charge is 2.27. The summed E-state index contributed by atoms with van der Waals surface area (Å²) < 4.78 is 0. The fourth-order valence-electron chi connectivity index (χ4n) is 2.77. The van der Waals surface area contributed by atoms with Crippen LogP contribution in [0.4, 0.5) is 5.00 Å². The number of nitrogens with one attached hydrogen (secondary N) is 1. The van der Waals surface area contributed by atoms with Crippen LogP contribution in [0.5, 0.6) is 0 Å². The van der Waals surface area contributed by atoms with Crippen molar-refractivity contribution in [1.82, 2.24) is 0 Å². The highest BCUT2D eigenvalue weighted by Crippen LogP contribution is 2.40. The van der Waals surface area contributed by atoms with E-state index in [1.807, 2.05) is 6.92 Å². The Kier molecular flexibility index (Phi) is 4.81. The van der Waals surface area contributed by atoms with Crippen molar-refractivity contribution in [2.75, 3.05) is 5.32 Å². The molecule has 0 aromatic carbocycles. The molecule has 0 radical (unpaired) electrons. The molecule has 5 heteroatoms. The third-order valence-corrected chi connectivity index (χ3v) is 5.09. The standard InChI is InChI=1S/C15H22N2O2S/c1-3-5-12(18)17-15-13(14(16)19)10-7-6-9(4-2)8-11(10)20-15/h9H,3-8H2,1-2H3,(H2,16,19)(H,17,18)/t9-/m1/s1. The van der Waals surface area contributed by atoms with E-state index in [4.69, 9.17) is 5.73 Å². The maximum absolute atomic E-state index is 11.8. The summed E-state index contributed by atoms with van der Waals surface area (Å²) >= 11 is 1.53. The number of thiophene rings is 1. The first-order valence-electron chi connectivity index (χ1n) is 7.30. The van der Waals surface area contributed by atoms with Crippen LogP contribution in [0, 0.1) is 5.92 Å². The first-order valence-corrected chi connectivity index (χ1v) is 8.12. The van der Waals surface area contributed by atoms with E-state index in [0.717, 1.165) is 37.7 Å². The van der Waals surface area contributed by atoms with Crippen LogP contribution in [-0.2, 0) is 17.6 Å². The number of fused-ring (bicyclic) bond motifs is 1. The first-order chi connectivity index (χ1) is 9.56. The molecule has 110 valence electrons. The minimum Gasteiger partial charge on any atom is -0.365 e. The average Bonchev–Trinajstić information content (AvgIpc) is 2.75. The van der Waals surface area contributed by atoms with Crippen LogP contribution in [0.2, 0.25) is 0 Å². The number of hydrogen-bond donors (Lipinski definition) is 2. The number of carbonyl (C=O) groups excluding carboxylic acids is 2. The summed E-state index contributed by atoms with van der Waals surface area (Å²) in [5, 5.41) is 3.51. The second-order valence-electron chi connectivity index (χ2n) is 5.39. The smallest absolute Gasteiger partial charge is 0.251 e. The molecule has 3 N–H and O–H groups in total. The first kappa shape index (κ1) is 15.0. The third-order valence-electron chi connectivity index (χ3n) is 3.92. The fourth-order valence-corrected chi connectivity index (χ4v) is 4.15. The van der Waals surface area contributed by atoms with Crippen molar-refractivity contribution in [3.63, 3.8) is 0 Å². The lowest BCUT2D eigenvalue weighted by molar-refractivity contribution is -0.116. The molecule has 1 aromatic rings. The molecule has 0 spiro atoms. The molecule has 0 saturated carbocycles. The maximum atomic E-state index is 11.8. The van der Waals surface area contributed by atoms with Gasteiger partial charge in [-0.2, -0.15) is 0 Å². The van der Waals surface area contributed by atoms with E-state index in [2.05, 4.69) is 12.2 Å². The number of nitrogens with two attached hydrogens (primary N) is 1. The molecule has 2 rings (SSSR count). The number of carbonyl (C=O) groups is 2. The van der Waals surface area contributed by atoms with Gasteiger partial charge in [0.25, 0.3) is 5.91 Å². The second kappa shape index (κ2) is 6.39. The van der Waals surface area contributed by atoms with Gasteiger partial charge in [0.2, 0.25) is 5.91 Å². The quantitative estimate of drug-likeness (QED) is 0.876. The zero-order valence-electron chi connectivity index (χ0n) is 12.1. The molecule has 0 saturated heterocycles. The monoisotopic (exact) mass is 294 g/mol. The van der Waals surface area contributed by atoms with Crippen molar-refractivity contribution >= 4 is 28.2 Å². The van der Waals surface area contributed by atoms with E-state index >= 15 is 0 Å². The lowest BCUT2D eigenvalue weighted by Gasteiger charge is -2.20. The van der Waals surface area contributed by atoms with Gasteiger partial charge in [-0.15, -0.1) is 11.3 Å². The summed E-state index contributed by atoms with van der Waals surface area (Å²) in [7, 11) is 0. The zero-order valence-corrected chi connectivity index (χ0v) is 12.9. The Morgan fingerprint density at radius 3 is 2.75 bits per heavy atom. The molecule has 1 aliphatic carbocycles. The molecule has 0 unspecified atom stereocenters. The molecule has 20 heavy (non-hydrogen) atoms. The summed E-state index contributed by atoms with van der Waals surface area (Å²) in [6, 6.07) is 0. The highest BCUT2D eigenvalue weighted by atomic mass is 32.1. The number of amides is 2. The molecule has 1 aromatic heterocycles. The molecular formula is C15H22N2O2S. The molecule has 0 bridgehead atoms. The topological polar surface area (TPSA) is 72.2 Å². The van der Waals surface area contributed by atoms with E-state index in [9.17, 15) is 9.59 Å². The molecule has 2 amide bonds. The van der Waals surface area contributed by atoms with Crippen LogP contribution >= 0.6 is 11.3 Å². The van der Waals surface area contributed by atoms with Gasteiger partial charge in [0.1, 0.15) is 5.00 Å². The van der Waals surface area contributed by atoms with Crippen molar-refractivity contribution in [2.45, 2.75) is 52.4 Å². The van der Waals surface area contributed by atoms with Gasteiger partial charge < -0.3 is 11.1 Å². The molecule has 1 heterocycles. The van der Waals surface area contributed by atoms with Crippen molar-refractivity contribution in [1.29, 1.82) is 0 Å². The molecule has 0 fully saturated rings. The Labute approximate surface area is 123 Å². The molecular weight excluding hydrogens is 272 g/mol. The van der Waals surface area contributed by atoms with Gasteiger partial charge in [0.05, 0.1) is 5.56 Å². The van der Waals surface area contributed by atoms with Crippen LogP contribution < -0.4 is 11.1 Å². The second-order valence-corrected chi connectivity index (χ2v) is 6.49. The van der Waals surface area contributed by atoms with Crippen molar-refractivity contribution in [2.24, 2.45) is 11.7 Å². The SMILES string of the molecule is CCCC(=O)Nc1sc2c(c1C(N)=O)CC[C@@H](CC)C2. The van der Waals surface area contributed by atoms with Gasteiger partial charge in [0.15, 0.2) is 0 Å². The number of anilines is 1. The Balaban J connectivity index is 2.30. The normalized spacial score (nSPS) is 17.6. The predicted molar refractivity (Wildman–Crippen MR) is 82.2 cm³/mol. The Hall–Kier alpha value is -1.36. The average molecular weight is 294 g/mol. The molecule has 4 nitrogen and oxygen atoms in total. The van der Waals surface area contributed by atoms with Crippen LogP contribution in [-0.4, -0.2) is 11.8 Å². The van der Waals surface area contributed by atoms with E-state index in [-0.39, 0.29) is 5.91 Å². The largest absolute Gasteiger partial charge is 0.365 e. The van der Waals surface area contributed by atoms with Gasteiger partial charge in [-0.05, 0) is 37.2 Å². The summed E-state index contributed by atoms with van der Waals surface area (Å²) in [6.07, 6.45) is 5.41. The maximum Gasteiger partial charge on any atom is 0.251 e. The van der Waals surface area contributed by atoms with Crippen molar-refractivity contribution in [3.05, 3.63) is 16.0 Å². The van der Waals surface area contributed by atoms with Gasteiger partial charge in [-0.3, -0.25) is 9.59 Å².